The van der Waals surface area contributed by atoms with E-state index in [1.165, 1.54) is 15.9 Å². The Balaban J connectivity index is 2.53. The van der Waals surface area contributed by atoms with Gasteiger partial charge >= 0.3 is 0 Å². The van der Waals surface area contributed by atoms with Crippen molar-refractivity contribution in [2.45, 2.75) is 31.8 Å². The summed E-state index contributed by atoms with van der Waals surface area (Å²) in [6.45, 7) is 4.48. The zero-order valence-electron chi connectivity index (χ0n) is 15.8. The largest absolute Gasteiger partial charge is 0.429 e. The maximum atomic E-state index is 5.82. The van der Waals surface area contributed by atoms with Gasteiger partial charge in [-0.1, -0.05) is 68.4 Å². The minimum absolute atomic E-state index is 0.234. The van der Waals surface area contributed by atoms with Crippen molar-refractivity contribution in [1.82, 2.24) is 0 Å². The van der Waals surface area contributed by atoms with Crippen molar-refractivity contribution in [1.29, 1.82) is 0 Å². The molecule has 0 fully saturated rings. The minimum Gasteiger partial charge on any atom is -0.429 e. The summed E-state index contributed by atoms with van der Waals surface area (Å²) in [4.78, 5) is 0. The highest BCUT2D eigenvalue weighted by Crippen LogP contribution is 2.68. The van der Waals surface area contributed by atoms with Gasteiger partial charge in [0, 0.05) is 0 Å². The quantitative estimate of drug-likeness (QED) is 0.291. The molecular formula is C24H25PS2. The normalized spacial score (nSPS) is 11.9. The van der Waals surface area contributed by atoms with E-state index < -0.39 is 7.26 Å². The molecule has 0 radical (unpaired) electrons. The van der Waals surface area contributed by atoms with Gasteiger partial charge in [-0.05, 0) is 49.2 Å². The van der Waals surface area contributed by atoms with E-state index in [2.05, 4.69) is 105 Å². The second-order valence-corrected chi connectivity index (χ2v) is 11.5. The molecule has 0 amide bonds. The summed E-state index contributed by atoms with van der Waals surface area (Å²) in [5, 5.41) is 3.80. The van der Waals surface area contributed by atoms with Crippen LogP contribution in [0.5, 0.6) is 0 Å². The summed E-state index contributed by atoms with van der Waals surface area (Å²) in [5.41, 5.74) is 0. The lowest BCUT2D eigenvalue weighted by Gasteiger charge is -2.46. The third-order valence-electron chi connectivity index (χ3n) is 5.62. The maximum absolute atomic E-state index is 5.82. The van der Waals surface area contributed by atoms with Crippen LogP contribution in [0.3, 0.4) is 0 Å². The Kier molecular flexibility index (Phi) is 6.42. The Morgan fingerprint density at radius 1 is 0.704 bits per heavy atom. The third kappa shape index (κ3) is 3.25. The average Bonchev–Trinajstić information content (AvgIpc) is 2.74. The lowest BCUT2D eigenvalue weighted by Crippen LogP contribution is -2.50. The topological polar surface area (TPSA) is 0 Å². The van der Waals surface area contributed by atoms with E-state index in [1.807, 2.05) is 0 Å². The van der Waals surface area contributed by atoms with Crippen molar-refractivity contribution in [3.8, 4) is 0 Å². The Bertz CT molecular complexity index is 775. The first-order chi connectivity index (χ1) is 13.1. The molecule has 0 aliphatic rings. The molecule has 0 bridgehead atoms. The molecule has 3 aromatic rings. The number of thiocarbonyl (C=S) groups is 1. The molecule has 3 rings (SSSR count). The van der Waals surface area contributed by atoms with Gasteiger partial charge in [0.1, 0.15) is 28.3 Å². The van der Waals surface area contributed by atoms with E-state index in [4.69, 9.17) is 24.8 Å². The zero-order valence-corrected chi connectivity index (χ0v) is 18.4. The number of hydrogen-bond donors (Lipinski definition) is 0. The fourth-order valence-corrected chi connectivity index (χ4v) is 11.2. The molecule has 0 atom stereocenters. The highest BCUT2D eigenvalue weighted by atomic mass is 32.1. The molecule has 3 aromatic carbocycles. The van der Waals surface area contributed by atoms with E-state index in [0.717, 1.165) is 12.8 Å². The molecule has 0 aromatic heterocycles. The van der Waals surface area contributed by atoms with Gasteiger partial charge in [0.05, 0.1) is 0 Å². The van der Waals surface area contributed by atoms with Crippen molar-refractivity contribution >= 4 is 52.2 Å². The van der Waals surface area contributed by atoms with Crippen LogP contribution in [0.25, 0.3) is 0 Å². The minimum atomic E-state index is -2.10. The van der Waals surface area contributed by atoms with Gasteiger partial charge in [-0.3, -0.25) is 0 Å². The van der Waals surface area contributed by atoms with Crippen molar-refractivity contribution in [3.05, 3.63) is 91.0 Å². The van der Waals surface area contributed by atoms with Gasteiger partial charge in [-0.15, -0.1) is 4.20 Å². The van der Waals surface area contributed by atoms with E-state index in [0.29, 0.717) is 4.20 Å². The first kappa shape index (κ1) is 20.1. The molecule has 0 aliphatic carbocycles. The summed E-state index contributed by atoms with van der Waals surface area (Å²) in [5.74, 6) is 0. The van der Waals surface area contributed by atoms with E-state index >= 15 is 0 Å². The van der Waals surface area contributed by atoms with Gasteiger partial charge in [0.25, 0.3) is 0 Å². The monoisotopic (exact) mass is 408 g/mol. The molecule has 0 N–H and O–H groups in total. The molecule has 0 spiro atoms. The zero-order chi connectivity index (χ0) is 19.3. The van der Waals surface area contributed by atoms with Crippen molar-refractivity contribution in [3.63, 3.8) is 0 Å². The molecule has 0 unspecified atom stereocenters. The molecule has 0 aliphatic heterocycles. The van der Waals surface area contributed by atoms with Crippen LogP contribution in [0.4, 0.5) is 0 Å². The second-order valence-electron chi connectivity index (χ2n) is 6.70. The molecule has 138 valence electrons. The van der Waals surface area contributed by atoms with Crippen LogP contribution in [0.2, 0.25) is 0 Å². The highest BCUT2D eigenvalue weighted by Gasteiger charge is 2.60. The van der Waals surface area contributed by atoms with Gasteiger partial charge in [-0.25, -0.2) is 0 Å². The summed E-state index contributed by atoms with van der Waals surface area (Å²) >= 11 is 11.6. The predicted octanol–water partition coefficient (Wildman–Crippen LogP) is 5.41. The molecule has 0 saturated carbocycles. The van der Waals surface area contributed by atoms with Crippen LogP contribution >= 0.6 is 19.5 Å². The van der Waals surface area contributed by atoms with Crippen LogP contribution in [0.1, 0.15) is 26.7 Å². The smallest absolute Gasteiger partial charge is 0.120 e. The van der Waals surface area contributed by atoms with Gasteiger partial charge in [0.15, 0.2) is 0 Å². The Morgan fingerprint density at radius 2 is 1.00 bits per heavy atom. The summed E-state index contributed by atoms with van der Waals surface area (Å²) in [7, 11) is -2.10. The lowest BCUT2D eigenvalue weighted by atomic mass is 10.1. The van der Waals surface area contributed by atoms with Gasteiger partial charge < -0.3 is 24.8 Å². The molecular weight excluding hydrogens is 383 g/mol. The standard InChI is InChI=1S/C24H25PS2/c1-3-24(4-2,23(26)27)25(20-14-8-5-9-15-20,21-16-10-6-11-17-21)22-18-12-7-13-19-22/h5-19H,3-4H2,1-2H3. The second kappa shape index (κ2) is 8.61. The molecule has 0 saturated heterocycles. The van der Waals surface area contributed by atoms with Crippen molar-refractivity contribution in [2.75, 3.05) is 0 Å². The van der Waals surface area contributed by atoms with E-state index in [-0.39, 0.29) is 5.16 Å². The van der Waals surface area contributed by atoms with Crippen LogP contribution in [0.15, 0.2) is 91.0 Å². The molecule has 3 heteroatoms. The van der Waals surface area contributed by atoms with E-state index in [9.17, 15) is 0 Å². The van der Waals surface area contributed by atoms with Crippen molar-refractivity contribution in [2.24, 2.45) is 0 Å². The highest BCUT2D eigenvalue weighted by molar-refractivity contribution is 8.06. The fourth-order valence-electron chi connectivity index (χ4n) is 4.29. The Labute approximate surface area is 174 Å². The van der Waals surface area contributed by atoms with Crippen LogP contribution in [-0.4, -0.2) is 9.35 Å². The molecule has 0 nitrogen and oxygen atoms in total. The number of benzene rings is 3. The maximum Gasteiger partial charge on any atom is 0.120 e. The predicted molar refractivity (Wildman–Crippen MR) is 128 cm³/mol. The summed E-state index contributed by atoms with van der Waals surface area (Å²) in [6.07, 6.45) is 1.86. The van der Waals surface area contributed by atoms with Crippen LogP contribution < -0.4 is 15.9 Å². The van der Waals surface area contributed by atoms with Crippen LogP contribution in [-0.2, 0) is 12.6 Å². The van der Waals surface area contributed by atoms with Crippen LogP contribution in [0, 0.1) is 0 Å². The average molecular weight is 409 g/mol. The SMILES string of the molecule is CCC(CC)(C(=S)[S-])[P+](c1ccccc1)(c1ccccc1)c1ccccc1. The van der Waals surface area contributed by atoms with Gasteiger partial charge in [0.2, 0.25) is 0 Å². The van der Waals surface area contributed by atoms with Crippen molar-refractivity contribution < 1.29 is 0 Å². The Hall–Kier alpha value is -1.60. The summed E-state index contributed by atoms with van der Waals surface area (Å²) < 4.78 is 0.706. The first-order valence-corrected chi connectivity index (χ1v) is 12.0. The number of hydrogen-bond acceptors (Lipinski definition) is 2. The van der Waals surface area contributed by atoms with Gasteiger partial charge in [-0.2, -0.15) is 0 Å². The summed E-state index contributed by atoms with van der Waals surface area (Å²) in [6, 6.07) is 32.7. The number of rotatable bonds is 7. The van der Waals surface area contributed by atoms with E-state index in [1.54, 1.807) is 0 Å². The first-order valence-electron chi connectivity index (χ1n) is 9.41. The lowest BCUT2D eigenvalue weighted by molar-refractivity contribution is 0.697. The molecule has 0 heterocycles. The third-order valence-corrected chi connectivity index (χ3v) is 12.1. The Morgan fingerprint density at radius 3 is 1.22 bits per heavy atom. The fraction of sp³-hybridized carbons (Fsp3) is 0.208. The molecule has 27 heavy (non-hydrogen) atoms.